The number of aliphatic hydroxyl groups is 1. The molecule has 0 saturated heterocycles. The highest BCUT2D eigenvalue weighted by molar-refractivity contribution is 6.30. The van der Waals surface area contributed by atoms with Gasteiger partial charge in [-0.1, -0.05) is 41.9 Å². The van der Waals surface area contributed by atoms with Crippen LogP contribution in [0.1, 0.15) is 37.2 Å². The first-order valence-electron chi connectivity index (χ1n) is 9.63. The van der Waals surface area contributed by atoms with Gasteiger partial charge in [0.15, 0.2) is 5.78 Å². The summed E-state index contributed by atoms with van der Waals surface area (Å²) in [7, 11) is 1.26. The van der Waals surface area contributed by atoms with Crippen LogP contribution in [0.5, 0.6) is 0 Å². The zero-order chi connectivity index (χ0) is 20.6. The molecule has 5 nitrogen and oxygen atoms in total. The number of halogens is 1. The summed E-state index contributed by atoms with van der Waals surface area (Å²) >= 11 is 6.04. The van der Waals surface area contributed by atoms with Gasteiger partial charge in [-0.25, -0.2) is 4.79 Å². The molecule has 29 heavy (non-hydrogen) atoms. The van der Waals surface area contributed by atoms with E-state index in [1.54, 1.807) is 17.0 Å². The minimum Gasteiger partial charge on any atom is -0.465 e. The van der Waals surface area contributed by atoms with Gasteiger partial charge in [0.2, 0.25) is 5.72 Å². The van der Waals surface area contributed by atoms with Gasteiger partial charge < -0.3 is 14.7 Å². The van der Waals surface area contributed by atoms with Crippen molar-refractivity contribution in [1.29, 1.82) is 0 Å². The molecule has 0 fully saturated rings. The van der Waals surface area contributed by atoms with Crippen molar-refractivity contribution < 1.29 is 19.4 Å². The van der Waals surface area contributed by atoms with E-state index in [4.69, 9.17) is 16.3 Å². The van der Waals surface area contributed by atoms with E-state index in [9.17, 15) is 14.7 Å². The summed E-state index contributed by atoms with van der Waals surface area (Å²) in [6, 6.07) is 16.4. The monoisotopic (exact) mass is 411 g/mol. The number of methoxy groups -OCH3 is 1. The average molecular weight is 412 g/mol. The number of hydrogen-bond acceptors (Lipinski definition) is 5. The maximum atomic E-state index is 13.0. The predicted octanol–water partition coefficient (Wildman–Crippen LogP) is 4.20. The van der Waals surface area contributed by atoms with Crippen molar-refractivity contribution in [2.45, 2.75) is 37.3 Å². The number of carbonyl (C=O) groups excluding carboxylic acids is 2. The Kier molecular flexibility index (Phi) is 5.19. The third-order valence-electron chi connectivity index (χ3n) is 5.70. The lowest BCUT2D eigenvalue weighted by Gasteiger charge is -2.48. The van der Waals surface area contributed by atoms with E-state index in [1.165, 1.54) is 7.11 Å². The zero-order valence-corrected chi connectivity index (χ0v) is 16.9. The minimum absolute atomic E-state index is 0.0147. The summed E-state index contributed by atoms with van der Waals surface area (Å²) in [6.45, 7) is 0. The van der Waals surface area contributed by atoms with E-state index in [1.807, 2.05) is 42.5 Å². The smallest absolute Gasteiger partial charge is 0.359 e. The van der Waals surface area contributed by atoms with Crippen LogP contribution >= 0.6 is 11.6 Å². The third kappa shape index (κ3) is 3.34. The lowest BCUT2D eigenvalue weighted by molar-refractivity contribution is -0.163. The molecule has 2 atom stereocenters. The van der Waals surface area contributed by atoms with Crippen LogP contribution in [0.4, 0.5) is 5.69 Å². The standard InChI is InChI=1S/C23H22ClNO4/c1-29-22(27)23(28)14-18(15-10-12-16(24)13-11-15)21-19(8-5-9-20(21)26)25(23)17-6-3-2-4-7-17/h2-4,6-7,10-13,18,28H,5,8-9,14H2,1H3/t18-,23+/m0/s1. The molecule has 1 aliphatic carbocycles. The van der Waals surface area contributed by atoms with Crippen molar-refractivity contribution >= 4 is 29.0 Å². The quantitative estimate of drug-likeness (QED) is 0.766. The number of hydrogen-bond donors (Lipinski definition) is 1. The van der Waals surface area contributed by atoms with Crippen LogP contribution in [0.25, 0.3) is 0 Å². The maximum absolute atomic E-state index is 13.0. The Balaban J connectivity index is 1.95. The van der Waals surface area contributed by atoms with Gasteiger partial charge in [-0.3, -0.25) is 4.79 Å². The molecule has 6 heteroatoms. The van der Waals surface area contributed by atoms with Gasteiger partial charge in [0.1, 0.15) is 0 Å². The fraction of sp³-hybridized carbons (Fsp3) is 0.304. The number of ether oxygens (including phenoxy) is 1. The van der Waals surface area contributed by atoms with Crippen LogP contribution in [0.2, 0.25) is 5.02 Å². The maximum Gasteiger partial charge on any atom is 0.359 e. The summed E-state index contributed by atoms with van der Waals surface area (Å²) in [6.07, 6.45) is 1.74. The lowest BCUT2D eigenvalue weighted by atomic mass is 9.73. The highest BCUT2D eigenvalue weighted by Crippen LogP contribution is 2.48. The molecule has 4 rings (SSSR count). The lowest BCUT2D eigenvalue weighted by Crippen LogP contribution is -2.59. The van der Waals surface area contributed by atoms with Crippen LogP contribution in [0.3, 0.4) is 0 Å². The normalized spacial score (nSPS) is 24.3. The number of nitrogens with zero attached hydrogens (tertiary/aromatic N) is 1. The first-order chi connectivity index (χ1) is 14.0. The van der Waals surface area contributed by atoms with E-state index >= 15 is 0 Å². The number of carbonyl (C=O) groups is 2. The number of rotatable bonds is 3. The van der Waals surface area contributed by atoms with E-state index in [-0.39, 0.29) is 12.2 Å². The van der Waals surface area contributed by atoms with E-state index in [0.717, 1.165) is 5.56 Å². The van der Waals surface area contributed by atoms with Crippen LogP contribution in [-0.4, -0.2) is 29.7 Å². The minimum atomic E-state index is -1.92. The van der Waals surface area contributed by atoms with E-state index in [0.29, 0.717) is 41.2 Å². The molecular formula is C23H22ClNO4. The van der Waals surface area contributed by atoms with Gasteiger partial charge in [-0.2, -0.15) is 0 Å². The average Bonchev–Trinajstić information content (AvgIpc) is 2.74. The molecule has 1 aliphatic heterocycles. The topological polar surface area (TPSA) is 66.8 Å². The Labute approximate surface area is 174 Å². The van der Waals surface area contributed by atoms with Crippen LogP contribution < -0.4 is 4.90 Å². The Morgan fingerprint density at radius 2 is 1.83 bits per heavy atom. The van der Waals surface area contributed by atoms with Gasteiger partial charge in [0.05, 0.1) is 7.11 Å². The molecule has 1 heterocycles. The number of benzene rings is 2. The molecule has 2 aromatic rings. The molecule has 0 bridgehead atoms. The molecule has 0 unspecified atom stereocenters. The van der Waals surface area contributed by atoms with Gasteiger partial charge >= 0.3 is 5.97 Å². The Hall–Kier alpha value is -2.63. The summed E-state index contributed by atoms with van der Waals surface area (Å²) < 4.78 is 5.00. The molecule has 1 N–H and O–H groups in total. The molecule has 0 amide bonds. The summed E-state index contributed by atoms with van der Waals surface area (Å²) in [5, 5.41) is 12.2. The molecule has 0 saturated carbocycles. The Bertz CT molecular complexity index is 970. The van der Waals surface area contributed by atoms with Crippen molar-refractivity contribution in [3.63, 3.8) is 0 Å². The highest BCUT2D eigenvalue weighted by atomic mass is 35.5. The predicted molar refractivity (Wildman–Crippen MR) is 111 cm³/mol. The Morgan fingerprint density at radius 1 is 1.14 bits per heavy atom. The number of allylic oxidation sites excluding steroid dienone is 2. The fourth-order valence-electron chi connectivity index (χ4n) is 4.44. The molecule has 2 aliphatic rings. The van der Waals surface area contributed by atoms with Gasteiger partial charge in [0, 0.05) is 40.7 Å². The number of Topliss-reactive ketones (excluding diaryl/α,β-unsaturated/α-hetero) is 1. The summed E-state index contributed by atoms with van der Waals surface area (Å²) in [5.41, 5.74) is 0.920. The fourth-order valence-corrected chi connectivity index (χ4v) is 4.57. The van der Waals surface area contributed by atoms with Crippen LogP contribution in [0.15, 0.2) is 65.9 Å². The summed E-state index contributed by atoms with van der Waals surface area (Å²) in [5.74, 6) is -1.11. The SMILES string of the molecule is COC(=O)[C@]1(O)C[C@@H](c2ccc(Cl)cc2)C2=C(CCCC2=O)N1c1ccccc1. The van der Waals surface area contributed by atoms with E-state index in [2.05, 4.69) is 0 Å². The summed E-state index contributed by atoms with van der Waals surface area (Å²) in [4.78, 5) is 27.4. The van der Waals surface area contributed by atoms with Crippen molar-refractivity contribution in [2.24, 2.45) is 0 Å². The van der Waals surface area contributed by atoms with Gasteiger partial charge in [-0.05, 0) is 42.7 Å². The third-order valence-corrected chi connectivity index (χ3v) is 5.96. The molecule has 2 aromatic carbocycles. The highest BCUT2D eigenvalue weighted by Gasteiger charge is 2.53. The van der Waals surface area contributed by atoms with Crippen molar-refractivity contribution in [3.05, 3.63) is 76.5 Å². The molecule has 0 radical (unpaired) electrons. The largest absolute Gasteiger partial charge is 0.465 e. The van der Waals surface area contributed by atoms with Crippen molar-refractivity contribution in [1.82, 2.24) is 0 Å². The number of para-hydroxylation sites is 1. The number of esters is 1. The zero-order valence-electron chi connectivity index (χ0n) is 16.1. The van der Waals surface area contributed by atoms with E-state index < -0.39 is 17.6 Å². The van der Waals surface area contributed by atoms with Gasteiger partial charge in [-0.15, -0.1) is 0 Å². The molecule has 0 spiro atoms. The number of anilines is 1. The van der Waals surface area contributed by atoms with Crippen LogP contribution in [-0.2, 0) is 14.3 Å². The van der Waals surface area contributed by atoms with Crippen LogP contribution in [0, 0.1) is 0 Å². The Morgan fingerprint density at radius 3 is 2.48 bits per heavy atom. The van der Waals surface area contributed by atoms with Gasteiger partial charge in [0.25, 0.3) is 0 Å². The second-order valence-corrected chi connectivity index (χ2v) is 7.86. The van der Waals surface area contributed by atoms with Crippen molar-refractivity contribution in [3.8, 4) is 0 Å². The number of ketones is 1. The van der Waals surface area contributed by atoms with Crippen molar-refractivity contribution in [2.75, 3.05) is 12.0 Å². The second kappa shape index (κ2) is 7.65. The first kappa shape index (κ1) is 19.7. The molecular weight excluding hydrogens is 390 g/mol. The first-order valence-corrected chi connectivity index (χ1v) is 10.0. The molecule has 0 aromatic heterocycles. The molecule has 150 valence electrons. The second-order valence-electron chi connectivity index (χ2n) is 7.42.